The molecule has 2 atom stereocenters. The third-order valence-electron chi connectivity index (χ3n) is 7.42. The molecule has 31 heavy (non-hydrogen) atoms. The molecule has 6 nitrogen and oxygen atoms in total. The van der Waals surface area contributed by atoms with Crippen molar-refractivity contribution >= 4 is 11.7 Å². The van der Waals surface area contributed by atoms with E-state index in [1.807, 2.05) is 26.2 Å². The molecular weight excluding hydrogens is 386 g/mol. The smallest absolute Gasteiger partial charge is 0.225 e. The molecule has 1 aromatic heterocycles. The van der Waals surface area contributed by atoms with Crippen LogP contribution >= 0.6 is 0 Å². The average Bonchev–Trinajstić information content (AvgIpc) is 2.78. The monoisotopic (exact) mass is 429 g/mol. The highest BCUT2D eigenvalue weighted by Crippen LogP contribution is 2.30. The van der Waals surface area contributed by atoms with Crippen LogP contribution in [0.2, 0.25) is 0 Å². The van der Waals surface area contributed by atoms with Crippen LogP contribution in [0.1, 0.15) is 71.8 Å². The Labute approximate surface area is 189 Å². The van der Waals surface area contributed by atoms with Gasteiger partial charge in [-0.15, -0.1) is 0 Å². The van der Waals surface area contributed by atoms with E-state index in [2.05, 4.69) is 42.6 Å². The number of hydrogen-bond acceptors (Lipinski definition) is 6. The van der Waals surface area contributed by atoms with Crippen molar-refractivity contribution in [1.82, 2.24) is 19.8 Å². The van der Waals surface area contributed by atoms with E-state index in [0.717, 1.165) is 64.1 Å². The number of aromatic nitrogens is 2. The maximum atomic E-state index is 12.3. The van der Waals surface area contributed by atoms with Crippen LogP contribution in [0.15, 0.2) is 12.4 Å². The number of anilines is 1. The highest BCUT2D eigenvalue weighted by atomic mass is 16.1. The van der Waals surface area contributed by atoms with E-state index < -0.39 is 0 Å². The first-order valence-electron chi connectivity index (χ1n) is 12.4. The van der Waals surface area contributed by atoms with E-state index in [1.54, 1.807) is 0 Å². The largest absolute Gasteiger partial charge is 0.332 e. The number of Topliss-reactive ketones (excluding diaryl/α,β-unsaturated/α-hetero) is 1. The van der Waals surface area contributed by atoms with Gasteiger partial charge in [-0.05, 0) is 52.6 Å². The number of carbonyl (C=O) groups excluding carboxylic acids is 1. The third-order valence-corrected chi connectivity index (χ3v) is 7.42. The standard InChI is InChI=1S/C25H43N5O/c1-7-21-16-28(5)17-22(8-2)30(21)25-26-13-19(14-27-25)15-29(6)23-11-9-20(10-12-23)24(31)18(3)4/h13-14,18,20-23H,7-12,15-17H2,1-6H3. The summed E-state index contributed by atoms with van der Waals surface area (Å²) < 4.78 is 0. The Kier molecular flexibility index (Phi) is 8.45. The van der Waals surface area contributed by atoms with Crippen molar-refractivity contribution < 1.29 is 4.79 Å². The topological polar surface area (TPSA) is 52.6 Å². The van der Waals surface area contributed by atoms with Crippen molar-refractivity contribution in [2.24, 2.45) is 11.8 Å². The van der Waals surface area contributed by atoms with Crippen LogP contribution < -0.4 is 4.90 Å². The average molecular weight is 430 g/mol. The molecule has 0 aromatic carbocycles. The summed E-state index contributed by atoms with van der Waals surface area (Å²) in [6, 6.07) is 1.49. The molecule has 3 rings (SSSR count). The first-order valence-corrected chi connectivity index (χ1v) is 12.4. The Morgan fingerprint density at radius 3 is 2.10 bits per heavy atom. The predicted molar refractivity (Wildman–Crippen MR) is 127 cm³/mol. The van der Waals surface area contributed by atoms with Crippen molar-refractivity contribution in [1.29, 1.82) is 0 Å². The van der Waals surface area contributed by atoms with Crippen LogP contribution in [0.25, 0.3) is 0 Å². The fourth-order valence-electron chi connectivity index (χ4n) is 5.50. The van der Waals surface area contributed by atoms with Crippen molar-refractivity contribution in [3.63, 3.8) is 0 Å². The molecule has 2 aliphatic rings. The van der Waals surface area contributed by atoms with Gasteiger partial charge in [0.15, 0.2) is 0 Å². The molecule has 0 N–H and O–H groups in total. The van der Waals surface area contributed by atoms with E-state index in [4.69, 9.17) is 9.97 Å². The van der Waals surface area contributed by atoms with Crippen molar-refractivity contribution in [2.75, 3.05) is 32.1 Å². The summed E-state index contributed by atoms with van der Waals surface area (Å²) in [6.45, 7) is 11.6. The molecular formula is C25H43N5O. The van der Waals surface area contributed by atoms with Gasteiger partial charge in [0, 0.05) is 67.6 Å². The van der Waals surface area contributed by atoms with Crippen LogP contribution in [-0.2, 0) is 11.3 Å². The lowest BCUT2D eigenvalue weighted by molar-refractivity contribution is -0.127. The Balaban J connectivity index is 1.58. The van der Waals surface area contributed by atoms with Gasteiger partial charge in [-0.2, -0.15) is 0 Å². The molecule has 0 bridgehead atoms. The summed E-state index contributed by atoms with van der Waals surface area (Å²) in [7, 11) is 4.42. The molecule has 1 aliphatic heterocycles. The van der Waals surface area contributed by atoms with Gasteiger partial charge in [0.25, 0.3) is 0 Å². The summed E-state index contributed by atoms with van der Waals surface area (Å²) in [6.07, 6.45) is 10.5. The number of carbonyl (C=O) groups is 1. The minimum atomic E-state index is 0.162. The molecule has 1 aromatic rings. The van der Waals surface area contributed by atoms with E-state index in [-0.39, 0.29) is 11.8 Å². The fourth-order valence-corrected chi connectivity index (χ4v) is 5.50. The summed E-state index contributed by atoms with van der Waals surface area (Å²) in [5, 5.41) is 0. The van der Waals surface area contributed by atoms with Gasteiger partial charge in [0.1, 0.15) is 5.78 Å². The molecule has 1 saturated heterocycles. The number of nitrogens with zero attached hydrogens (tertiary/aromatic N) is 5. The Morgan fingerprint density at radius 1 is 1.06 bits per heavy atom. The van der Waals surface area contributed by atoms with Gasteiger partial charge in [0.2, 0.25) is 5.95 Å². The molecule has 1 aliphatic carbocycles. The number of piperazine rings is 1. The Bertz CT molecular complexity index is 684. The number of likely N-dealkylation sites (N-methyl/N-ethyl adjacent to an activating group) is 1. The minimum Gasteiger partial charge on any atom is -0.332 e. The zero-order valence-corrected chi connectivity index (χ0v) is 20.5. The highest BCUT2D eigenvalue weighted by molar-refractivity contribution is 5.82. The zero-order chi connectivity index (χ0) is 22.5. The summed E-state index contributed by atoms with van der Waals surface area (Å²) in [5.74, 6) is 1.76. The van der Waals surface area contributed by atoms with Crippen molar-refractivity contribution in [3.05, 3.63) is 18.0 Å². The van der Waals surface area contributed by atoms with Gasteiger partial charge >= 0.3 is 0 Å². The molecule has 174 valence electrons. The molecule has 6 heteroatoms. The van der Waals surface area contributed by atoms with Crippen molar-refractivity contribution in [3.8, 4) is 0 Å². The SMILES string of the molecule is CCC1CN(C)CC(CC)N1c1ncc(CN(C)C2CCC(C(=O)C(C)C)CC2)cn1. The lowest BCUT2D eigenvalue weighted by Gasteiger charge is -2.45. The van der Waals surface area contributed by atoms with Gasteiger partial charge in [0.05, 0.1) is 0 Å². The lowest BCUT2D eigenvalue weighted by atomic mass is 9.80. The second-order valence-electron chi connectivity index (χ2n) is 10.1. The maximum Gasteiger partial charge on any atom is 0.225 e. The summed E-state index contributed by atoms with van der Waals surface area (Å²) >= 11 is 0. The number of hydrogen-bond donors (Lipinski definition) is 0. The quantitative estimate of drug-likeness (QED) is 0.623. The van der Waals surface area contributed by atoms with Gasteiger partial charge in [-0.3, -0.25) is 9.69 Å². The summed E-state index contributed by atoms with van der Waals surface area (Å²) in [5.41, 5.74) is 1.17. The van der Waals surface area contributed by atoms with Crippen LogP contribution in [-0.4, -0.2) is 70.9 Å². The second kappa shape index (κ2) is 10.9. The van der Waals surface area contributed by atoms with Crippen LogP contribution in [0, 0.1) is 11.8 Å². The van der Waals surface area contributed by atoms with E-state index in [9.17, 15) is 4.79 Å². The first kappa shape index (κ1) is 24.1. The molecule has 0 amide bonds. The number of rotatable bonds is 8. The third kappa shape index (κ3) is 5.83. The Morgan fingerprint density at radius 2 is 1.61 bits per heavy atom. The number of ketones is 1. The molecule has 2 unspecified atom stereocenters. The maximum absolute atomic E-state index is 12.3. The lowest BCUT2D eigenvalue weighted by Crippen LogP contribution is -2.58. The molecule has 0 radical (unpaired) electrons. The van der Waals surface area contributed by atoms with E-state index >= 15 is 0 Å². The predicted octanol–water partition coefficient (Wildman–Crippen LogP) is 4.00. The second-order valence-corrected chi connectivity index (χ2v) is 10.1. The molecule has 2 heterocycles. The van der Waals surface area contributed by atoms with Gasteiger partial charge < -0.3 is 9.80 Å². The fraction of sp³-hybridized carbons (Fsp3) is 0.800. The normalized spacial score (nSPS) is 27.8. The molecule has 2 fully saturated rings. The van der Waals surface area contributed by atoms with Crippen LogP contribution in [0.5, 0.6) is 0 Å². The van der Waals surface area contributed by atoms with Gasteiger partial charge in [-0.1, -0.05) is 27.7 Å². The first-order chi connectivity index (χ1) is 14.8. The molecule has 1 saturated carbocycles. The summed E-state index contributed by atoms with van der Waals surface area (Å²) in [4.78, 5) is 29.2. The zero-order valence-electron chi connectivity index (χ0n) is 20.5. The highest BCUT2D eigenvalue weighted by Gasteiger charge is 2.33. The van der Waals surface area contributed by atoms with Crippen LogP contribution in [0.3, 0.4) is 0 Å². The van der Waals surface area contributed by atoms with E-state index in [1.165, 1.54) is 5.56 Å². The minimum absolute atomic E-state index is 0.162. The molecule has 0 spiro atoms. The van der Waals surface area contributed by atoms with Crippen molar-refractivity contribution in [2.45, 2.75) is 90.9 Å². The van der Waals surface area contributed by atoms with Crippen LogP contribution in [0.4, 0.5) is 5.95 Å². The Hall–Kier alpha value is -1.53. The van der Waals surface area contributed by atoms with E-state index in [0.29, 0.717) is 23.9 Å². The van der Waals surface area contributed by atoms with Gasteiger partial charge in [-0.25, -0.2) is 9.97 Å².